The molecule has 5 heteroatoms. The van der Waals surface area contributed by atoms with E-state index < -0.39 is 5.97 Å². The van der Waals surface area contributed by atoms with Crippen LogP contribution in [-0.4, -0.2) is 36.6 Å². The Morgan fingerprint density at radius 3 is 2.89 bits per heavy atom. The second-order valence-electron chi connectivity index (χ2n) is 4.64. The highest BCUT2D eigenvalue weighted by Gasteiger charge is 2.16. The molecule has 0 atom stereocenters. The van der Waals surface area contributed by atoms with Gasteiger partial charge in [0.1, 0.15) is 6.54 Å². The van der Waals surface area contributed by atoms with Crippen molar-refractivity contribution in [1.29, 1.82) is 0 Å². The predicted octanol–water partition coefficient (Wildman–Crippen LogP) is 1.03. The van der Waals surface area contributed by atoms with Gasteiger partial charge >= 0.3 is 5.97 Å². The molecule has 0 aromatic heterocycles. The van der Waals surface area contributed by atoms with Crippen LogP contribution in [0.15, 0.2) is 24.3 Å². The van der Waals surface area contributed by atoms with Gasteiger partial charge in [-0.3, -0.25) is 9.59 Å². The minimum Gasteiger partial charge on any atom is -0.480 e. The number of rotatable bonds is 5. The monoisotopic (exact) mass is 262 g/mol. The van der Waals surface area contributed by atoms with Crippen LogP contribution < -0.4 is 10.2 Å². The van der Waals surface area contributed by atoms with Gasteiger partial charge < -0.3 is 15.3 Å². The number of hydrogen-bond donors (Lipinski definition) is 2. The SMILES string of the molecule is O=C(O)CNC(=O)CCN1CCCc2ccccc21. The Morgan fingerprint density at radius 1 is 1.32 bits per heavy atom. The molecular formula is C14H18N2O3. The zero-order valence-electron chi connectivity index (χ0n) is 10.8. The van der Waals surface area contributed by atoms with Crippen molar-refractivity contribution >= 4 is 17.6 Å². The first-order valence-corrected chi connectivity index (χ1v) is 6.48. The van der Waals surface area contributed by atoms with Gasteiger partial charge in [0, 0.05) is 25.2 Å². The Labute approximate surface area is 112 Å². The Bertz CT molecular complexity index is 474. The minimum atomic E-state index is -1.02. The largest absolute Gasteiger partial charge is 0.480 e. The van der Waals surface area contributed by atoms with Crippen LogP contribution >= 0.6 is 0 Å². The van der Waals surface area contributed by atoms with Crippen molar-refractivity contribution in [2.75, 3.05) is 24.5 Å². The molecule has 1 heterocycles. The summed E-state index contributed by atoms with van der Waals surface area (Å²) < 4.78 is 0. The average Bonchev–Trinajstić information content (AvgIpc) is 2.42. The molecular weight excluding hydrogens is 244 g/mol. The molecule has 1 amide bonds. The van der Waals surface area contributed by atoms with E-state index in [1.807, 2.05) is 12.1 Å². The summed E-state index contributed by atoms with van der Waals surface area (Å²) in [6, 6.07) is 8.22. The summed E-state index contributed by atoms with van der Waals surface area (Å²) in [5.41, 5.74) is 2.51. The van der Waals surface area contributed by atoms with Crippen molar-refractivity contribution in [2.45, 2.75) is 19.3 Å². The summed E-state index contributed by atoms with van der Waals surface area (Å²) in [5, 5.41) is 10.9. The highest BCUT2D eigenvalue weighted by molar-refractivity contribution is 5.81. The second-order valence-corrected chi connectivity index (χ2v) is 4.64. The fourth-order valence-electron chi connectivity index (χ4n) is 2.34. The van der Waals surface area contributed by atoms with E-state index >= 15 is 0 Å². The summed E-state index contributed by atoms with van der Waals surface area (Å²) in [6.45, 7) is 1.26. The number of amides is 1. The summed E-state index contributed by atoms with van der Waals surface area (Å²) in [5.74, 6) is -1.23. The van der Waals surface area contributed by atoms with Crippen molar-refractivity contribution in [2.24, 2.45) is 0 Å². The first-order valence-electron chi connectivity index (χ1n) is 6.48. The van der Waals surface area contributed by atoms with Crippen molar-refractivity contribution < 1.29 is 14.7 Å². The molecule has 0 bridgehead atoms. The second kappa shape index (κ2) is 6.22. The Balaban J connectivity index is 1.87. The standard InChI is InChI=1S/C14H18N2O3/c17-13(15-10-14(18)19)7-9-16-8-3-5-11-4-1-2-6-12(11)16/h1-2,4,6H,3,5,7-10H2,(H,15,17)(H,18,19). The van der Waals surface area contributed by atoms with Gasteiger partial charge in [-0.15, -0.1) is 0 Å². The first kappa shape index (κ1) is 13.4. The fourth-order valence-corrected chi connectivity index (χ4v) is 2.34. The van der Waals surface area contributed by atoms with Gasteiger partial charge in [0.15, 0.2) is 0 Å². The van der Waals surface area contributed by atoms with Crippen LogP contribution in [-0.2, 0) is 16.0 Å². The summed E-state index contributed by atoms with van der Waals surface area (Å²) in [7, 11) is 0. The molecule has 0 fully saturated rings. The van der Waals surface area contributed by atoms with E-state index in [-0.39, 0.29) is 12.5 Å². The van der Waals surface area contributed by atoms with E-state index in [1.165, 1.54) is 11.3 Å². The van der Waals surface area contributed by atoms with Gasteiger partial charge in [-0.2, -0.15) is 0 Å². The van der Waals surface area contributed by atoms with Gasteiger partial charge in [0.05, 0.1) is 0 Å². The third-order valence-electron chi connectivity index (χ3n) is 3.25. The molecule has 1 aliphatic heterocycles. The fraction of sp³-hybridized carbons (Fsp3) is 0.429. The lowest BCUT2D eigenvalue weighted by Crippen LogP contribution is -2.35. The van der Waals surface area contributed by atoms with Crippen LogP contribution in [0, 0.1) is 0 Å². The van der Waals surface area contributed by atoms with Gasteiger partial charge in [-0.05, 0) is 24.5 Å². The quantitative estimate of drug-likeness (QED) is 0.831. The molecule has 2 N–H and O–H groups in total. The summed E-state index contributed by atoms with van der Waals surface area (Å²) in [6.07, 6.45) is 2.49. The number of aryl methyl sites for hydroxylation is 1. The van der Waals surface area contributed by atoms with Crippen LogP contribution in [0.4, 0.5) is 5.69 Å². The van der Waals surface area contributed by atoms with E-state index in [4.69, 9.17) is 5.11 Å². The Kier molecular flexibility index (Phi) is 4.39. The number of hydrogen-bond acceptors (Lipinski definition) is 3. The zero-order chi connectivity index (χ0) is 13.7. The van der Waals surface area contributed by atoms with Crippen molar-refractivity contribution in [1.82, 2.24) is 5.32 Å². The number of benzene rings is 1. The number of fused-ring (bicyclic) bond motifs is 1. The molecule has 0 spiro atoms. The maximum atomic E-state index is 11.5. The first-order chi connectivity index (χ1) is 9.16. The van der Waals surface area contributed by atoms with E-state index in [2.05, 4.69) is 22.3 Å². The summed E-state index contributed by atoms with van der Waals surface area (Å²) >= 11 is 0. The molecule has 2 rings (SSSR count). The van der Waals surface area contributed by atoms with Crippen LogP contribution in [0.1, 0.15) is 18.4 Å². The van der Waals surface area contributed by atoms with Crippen molar-refractivity contribution in [3.05, 3.63) is 29.8 Å². The molecule has 0 aliphatic carbocycles. The van der Waals surface area contributed by atoms with Crippen LogP contribution in [0.5, 0.6) is 0 Å². The Hall–Kier alpha value is -2.04. The molecule has 0 saturated heterocycles. The highest BCUT2D eigenvalue weighted by atomic mass is 16.4. The summed E-state index contributed by atoms with van der Waals surface area (Å²) in [4.78, 5) is 24.0. The van der Waals surface area contributed by atoms with E-state index in [9.17, 15) is 9.59 Å². The Morgan fingerprint density at radius 2 is 2.11 bits per heavy atom. The zero-order valence-corrected chi connectivity index (χ0v) is 10.8. The highest BCUT2D eigenvalue weighted by Crippen LogP contribution is 2.26. The number of aliphatic carboxylic acids is 1. The van der Waals surface area contributed by atoms with Crippen molar-refractivity contribution in [3.8, 4) is 0 Å². The number of nitrogens with zero attached hydrogens (tertiary/aromatic N) is 1. The number of nitrogens with one attached hydrogen (secondary N) is 1. The van der Waals surface area contributed by atoms with Crippen LogP contribution in [0.3, 0.4) is 0 Å². The number of para-hydroxylation sites is 1. The molecule has 1 aliphatic rings. The predicted molar refractivity (Wildman–Crippen MR) is 72.2 cm³/mol. The molecule has 1 aromatic carbocycles. The molecule has 102 valence electrons. The van der Waals surface area contributed by atoms with Crippen molar-refractivity contribution in [3.63, 3.8) is 0 Å². The third kappa shape index (κ3) is 3.71. The van der Waals surface area contributed by atoms with Gasteiger partial charge in [0.2, 0.25) is 5.91 Å². The molecule has 0 radical (unpaired) electrons. The lowest BCUT2D eigenvalue weighted by Gasteiger charge is -2.31. The normalized spacial score (nSPS) is 13.8. The van der Waals surface area contributed by atoms with E-state index in [1.54, 1.807) is 0 Å². The third-order valence-corrected chi connectivity index (χ3v) is 3.25. The van der Waals surface area contributed by atoms with E-state index in [0.29, 0.717) is 13.0 Å². The lowest BCUT2D eigenvalue weighted by molar-refractivity contribution is -0.137. The van der Waals surface area contributed by atoms with Gasteiger partial charge in [-0.25, -0.2) is 0 Å². The van der Waals surface area contributed by atoms with Crippen LogP contribution in [0.25, 0.3) is 0 Å². The maximum Gasteiger partial charge on any atom is 0.322 e. The maximum absolute atomic E-state index is 11.5. The number of carbonyl (C=O) groups excluding carboxylic acids is 1. The molecule has 0 saturated carbocycles. The van der Waals surface area contributed by atoms with Gasteiger partial charge in [0.25, 0.3) is 0 Å². The lowest BCUT2D eigenvalue weighted by atomic mass is 10.0. The number of anilines is 1. The molecule has 5 nitrogen and oxygen atoms in total. The minimum absolute atomic E-state index is 0.217. The van der Waals surface area contributed by atoms with Crippen LogP contribution in [0.2, 0.25) is 0 Å². The smallest absolute Gasteiger partial charge is 0.322 e. The van der Waals surface area contributed by atoms with E-state index in [0.717, 1.165) is 19.4 Å². The average molecular weight is 262 g/mol. The molecule has 0 unspecified atom stereocenters. The number of carboxylic acid groups (broad SMARTS) is 1. The number of carboxylic acids is 1. The molecule has 19 heavy (non-hydrogen) atoms. The topological polar surface area (TPSA) is 69.6 Å². The number of carbonyl (C=O) groups is 2. The molecule has 1 aromatic rings. The van der Waals surface area contributed by atoms with Gasteiger partial charge in [-0.1, -0.05) is 18.2 Å².